The highest BCUT2D eigenvalue weighted by Gasteiger charge is 2.12. The van der Waals surface area contributed by atoms with Crippen molar-refractivity contribution in [2.24, 2.45) is 0 Å². The van der Waals surface area contributed by atoms with Crippen LogP contribution < -0.4 is 15.4 Å². The third-order valence-corrected chi connectivity index (χ3v) is 2.64. The number of hydrogen-bond donors (Lipinski definition) is 2. The molecule has 0 saturated heterocycles. The van der Waals surface area contributed by atoms with E-state index in [1.54, 1.807) is 7.11 Å². The van der Waals surface area contributed by atoms with Gasteiger partial charge < -0.3 is 20.3 Å². The predicted octanol–water partition coefficient (Wildman–Crippen LogP) is -0.0108. The number of amides is 2. The highest BCUT2D eigenvalue weighted by molar-refractivity contribution is 6.35. The zero-order chi connectivity index (χ0) is 15.0. The number of rotatable bonds is 6. The van der Waals surface area contributed by atoms with Crippen LogP contribution in [0.15, 0.2) is 24.3 Å². The van der Waals surface area contributed by atoms with Crippen LogP contribution in [0, 0.1) is 0 Å². The summed E-state index contributed by atoms with van der Waals surface area (Å²) in [5, 5.41) is 5.12. The zero-order valence-electron chi connectivity index (χ0n) is 12.1. The lowest BCUT2D eigenvalue weighted by Gasteiger charge is -2.10. The number of hydrogen-bond acceptors (Lipinski definition) is 4. The second-order valence-corrected chi connectivity index (χ2v) is 4.59. The van der Waals surface area contributed by atoms with E-state index in [1.807, 2.05) is 43.3 Å². The van der Waals surface area contributed by atoms with Gasteiger partial charge in [0.25, 0.3) is 0 Å². The standard InChI is InChI=1S/C14H21N3O3/c1-17(2)8-7-15-13(18)14(19)16-10-11-5-4-6-12(9-11)20-3/h4-6,9H,7-8,10H2,1-3H3,(H,15,18)(H,16,19). The topological polar surface area (TPSA) is 70.7 Å². The Morgan fingerprint density at radius 2 is 1.90 bits per heavy atom. The molecular formula is C14H21N3O3. The molecule has 2 N–H and O–H groups in total. The first-order chi connectivity index (χ1) is 9.52. The van der Waals surface area contributed by atoms with Crippen LogP contribution in [0.25, 0.3) is 0 Å². The van der Waals surface area contributed by atoms with Gasteiger partial charge >= 0.3 is 11.8 Å². The average Bonchev–Trinajstić information content (AvgIpc) is 2.44. The van der Waals surface area contributed by atoms with E-state index in [9.17, 15) is 9.59 Å². The van der Waals surface area contributed by atoms with Crippen molar-refractivity contribution in [1.82, 2.24) is 15.5 Å². The van der Waals surface area contributed by atoms with Crippen LogP contribution in [-0.2, 0) is 16.1 Å². The Hall–Kier alpha value is -2.08. The van der Waals surface area contributed by atoms with E-state index in [-0.39, 0.29) is 6.54 Å². The Bertz CT molecular complexity index is 461. The van der Waals surface area contributed by atoms with Crippen molar-refractivity contribution in [1.29, 1.82) is 0 Å². The lowest BCUT2D eigenvalue weighted by atomic mass is 10.2. The van der Waals surface area contributed by atoms with Gasteiger partial charge in [0.15, 0.2) is 0 Å². The van der Waals surface area contributed by atoms with Crippen LogP contribution in [0.1, 0.15) is 5.56 Å². The maximum atomic E-state index is 11.6. The van der Waals surface area contributed by atoms with Crippen LogP contribution in [0.4, 0.5) is 0 Å². The van der Waals surface area contributed by atoms with Crippen molar-refractivity contribution in [2.75, 3.05) is 34.3 Å². The Kier molecular flexibility index (Phi) is 6.52. The molecule has 1 aromatic rings. The van der Waals surface area contributed by atoms with E-state index in [1.165, 1.54) is 0 Å². The number of nitrogens with one attached hydrogen (secondary N) is 2. The summed E-state index contributed by atoms with van der Waals surface area (Å²) >= 11 is 0. The van der Waals surface area contributed by atoms with Gasteiger partial charge in [0.05, 0.1) is 7.11 Å². The molecule has 0 aromatic heterocycles. The molecule has 0 bridgehead atoms. The van der Waals surface area contributed by atoms with Gasteiger partial charge in [0, 0.05) is 19.6 Å². The zero-order valence-corrected chi connectivity index (χ0v) is 12.1. The molecule has 0 atom stereocenters. The Morgan fingerprint density at radius 3 is 2.55 bits per heavy atom. The number of carbonyl (C=O) groups excluding carboxylic acids is 2. The fourth-order valence-corrected chi connectivity index (χ4v) is 1.52. The number of likely N-dealkylation sites (N-methyl/N-ethyl adjacent to an activating group) is 1. The minimum Gasteiger partial charge on any atom is -0.497 e. The summed E-state index contributed by atoms with van der Waals surface area (Å²) in [4.78, 5) is 25.0. The molecule has 0 aliphatic heterocycles. The number of carbonyl (C=O) groups is 2. The van der Waals surface area contributed by atoms with E-state index in [0.717, 1.165) is 5.56 Å². The minimum atomic E-state index is -0.633. The van der Waals surface area contributed by atoms with Crippen molar-refractivity contribution in [3.63, 3.8) is 0 Å². The van der Waals surface area contributed by atoms with Crippen LogP contribution in [0.3, 0.4) is 0 Å². The molecule has 110 valence electrons. The number of benzene rings is 1. The minimum absolute atomic E-state index is 0.289. The first kappa shape index (κ1) is 16.0. The smallest absolute Gasteiger partial charge is 0.309 e. The maximum absolute atomic E-state index is 11.6. The first-order valence-electron chi connectivity index (χ1n) is 6.36. The molecule has 0 aliphatic rings. The van der Waals surface area contributed by atoms with Crippen molar-refractivity contribution in [2.45, 2.75) is 6.54 Å². The van der Waals surface area contributed by atoms with Crippen LogP contribution in [0.5, 0.6) is 5.75 Å². The second kappa shape index (κ2) is 8.16. The fourth-order valence-electron chi connectivity index (χ4n) is 1.52. The van der Waals surface area contributed by atoms with Gasteiger partial charge in [-0.1, -0.05) is 12.1 Å². The van der Waals surface area contributed by atoms with E-state index >= 15 is 0 Å². The highest BCUT2D eigenvalue weighted by atomic mass is 16.5. The predicted molar refractivity (Wildman–Crippen MR) is 76.4 cm³/mol. The van der Waals surface area contributed by atoms with Gasteiger partial charge in [0.1, 0.15) is 5.75 Å². The van der Waals surface area contributed by atoms with E-state index < -0.39 is 11.8 Å². The first-order valence-corrected chi connectivity index (χ1v) is 6.36. The SMILES string of the molecule is COc1cccc(CNC(=O)C(=O)NCCN(C)C)c1. The van der Waals surface area contributed by atoms with Gasteiger partial charge in [0.2, 0.25) is 0 Å². The van der Waals surface area contributed by atoms with Crippen molar-refractivity contribution >= 4 is 11.8 Å². The molecule has 1 aromatic carbocycles. The highest BCUT2D eigenvalue weighted by Crippen LogP contribution is 2.11. The molecule has 0 saturated carbocycles. The summed E-state index contributed by atoms with van der Waals surface area (Å²) < 4.78 is 5.09. The van der Waals surface area contributed by atoms with Gasteiger partial charge in [-0.25, -0.2) is 0 Å². The lowest BCUT2D eigenvalue weighted by Crippen LogP contribution is -2.41. The molecule has 20 heavy (non-hydrogen) atoms. The summed E-state index contributed by atoms with van der Waals surface area (Å²) in [6.07, 6.45) is 0. The largest absolute Gasteiger partial charge is 0.497 e. The monoisotopic (exact) mass is 279 g/mol. The van der Waals surface area contributed by atoms with E-state index in [0.29, 0.717) is 18.8 Å². The summed E-state index contributed by atoms with van der Waals surface area (Å²) in [6.45, 7) is 1.42. The number of nitrogens with zero attached hydrogens (tertiary/aromatic N) is 1. The number of methoxy groups -OCH3 is 1. The normalized spacial score (nSPS) is 10.2. The summed E-state index contributed by atoms with van der Waals surface area (Å²) in [6, 6.07) is 7.31. The van der Waals surface area contributed by atoms with Crippen LogP contribution in [0.2, 0.25) is 0 Å². The van der Waals surface area contributed by atoms with Crippen molar-refractivity contribution in [3.8, 4) is 5.75 Å². The maximum Gasteiger partial charge on any atom is 0.309 e. The molecule has 0 fully saturated rings. The molecule has 0 unspecified atom stereocenters. The molecule has 0 heterocycles. The lowest BCUT2D eigenvalue weighted by molar-refractivity contribution is -0.139. The van der Waals surface area contributed by atoms with Crippen LogP contribution in [-0.4, -0.2) is 51.0 Å². The van der Waals surface area contributed by atoms with Gasteiger partial charge in [-0.15, -0.1) is 0 Å². The van der Waals surface area contributed by atoms with E-state index in [2.05, 4.69) is 10.6 Å². The third kappa shape index (κ3) is 5.71. The molecule has 0 spiro atoms. The third-order valence-electron chi connectivity index (χ3n) is 2.64. The van der Waals surface area contributed by atoms with Gasteiger partial charge in [-0.3, -0.25) is 9.59 Å². The molecule has 6 heteroatoms. The van der Waals surface area contributed by atoms with Gasteiger partial charge in [-0.2, -0.15) is 0 Å². The average molecular weight is 279 g/mol. The Balaban J connectivity index is 2.36. The molecule has 2 amide bonds. The second-order valence-electron chi connectivity index (χ2n) is 4.59. The molecule has 6 nitrogen and oxygen atoms in total. The van der Waals surface area contributed by atoms with Crippen molar-refractivity contribution < 1.29 is 14.3 Å². The molecule has 0 radical (unpaired) electrons. The van der Waals surface area contributed by atoms with E-state index in [4.69, 9.17) is 4.74 Å². The molecule has 1 rings (SSSR count). The Labute approximate surface area is 119 Å². The fraction of sp³-hybridized carbons (Fsp3) is 0.429. The number of ether oxygens (including phenoxy) is 1. The summed E-state index contributed by atoms with van der Waals surface area (Å²) in [7, 11) is 5.37. The quantitative estimate of drug-likeness (QED) is 0.719. The molecule has 0 aliphatic carbocycles. The summed E-state index contributed by atoms with van der Waals surface area (Å²) in [5.74, 6) is -0.534. The molecular weight excluding hydrogens is 258 g/mol. The Morgan fingerprint density at radius 1 is 1.20 bits per heavy atom. The van der Waals surface area contributed by atoms with Crippen molar-refractivity contribution in [3.05, 3.63) is 29.8 Å². The van der Waals surface area contributed by atoms with Crippen LogP contribution >= 0.6 is 0 Å². The summed E-state index contributed by atoms with van der Waals surface area (Å²) in [5.41, 5.74) is 0.874. The van der Waals surface area contributed by atoms with Gasteiger partial charge in [-0.05, 0) is 31.8 Å².